The van der Waals surface area contributed by atoms with Gasteiger partial charge in [0.15, 0.2) is 11.5 Å². The van der Waals surface area contributed by atoms with Gasteiger partial charge in [-0.15, -0.1) is 0 Å². The standard InChI is InChI=1S/C20H18N4O2/c1-13-9-17(15-6-4-5-14(10-15)12-21)24-20(22-13)23-16-7-8-18(25-2)19(11-16)26-3/h4-11H,1-3H3,(H,22,23,24). The Morgan fingerprint density at radius 3 is 2.50 bits per heavy atom. The van der Waals surface area contributed by atoms with E-state index in [2.05, 4.69) is 21.4 Å². The summed E-state index contributed by atoms with van der Waals surface area (Å²) >= 11 is 0. The number of methoxy groups -OCH3 is 2. The third-order valence-electron chi connectivity index (χ3n) is 3.78. The highest BCUT2D eigenvalue weighted by atomic mass is 16.5. The van der Waals surface area contributed by atoms with Gasteiger partial charge in [-0.3, -0.25) is 0 Å². The molecule has 0 unspecified atom stereocenters. The molecule has 0 fully saturated rings. The summed E-state index contributed by atoms with van der Waals surface area (Å²) in [4.78, 5) is 9.00. The van der Waals surface area contributed by atoms with Crippen molar-refractivity contribution in [3.05, 3.63) is 59.8 Å². The molecule has 0 saturated heterocycles. The van der Waals surface area contributed by atoms with Crippen LogP contribution in [0, 0.1) is 18.3 Å². The minimum absolute atomic E-state index is 0.467. The van der Waals surface area contributed by atoms with E-state index in [9.17, 15) is 0 Å². The van der Waals surface area contributed by atoms with Crippen molar-refractivity contribution in [2.75, 3.05) is 19.5 Å². The van der Waals surface area contributed by atoms with E-state index in [1.54, 1.807) is 20.3 Å². The Morgan fingerprint density at radius 1 is 0.962 bits per heavy atom. The highest BCUT2D eigenvalue weighted by molar-refractivity contribution is 5.65. The van der Waals surface area contributed by atoms with Crippen molar-refractivity contribution in [1.29, 1.82) is 5.26 Å². The van der Waals surface area contributed by atoms with Crippen LogP contribution < -0.4 is 14.8 Å². The van der Waals surface area contributed by atoms with Gasteiger partial charge in [0.1, 0.15) is 0 Å². The lowest BCUT2D eigenvalue weighted by atomic mass is 10.1. The maximum absolute atomic E-state index is 9.09. The lowest BCUT2D eigenvalue weighted by Gasteiger charge is -2.11. The molecule has 1 aromatic heterocycles. The zero-order valence-electron chi connectivity index (χ0n) is 14.8. The van der Waals surface area contributed by atoms with Crippen LogP contribution in [0.25, 0.3) is 11.3 Å². The number of ether oxygens (including phenoxy) is 2. The fourth-order valence-corrected chi connectivity index (χ4v) is 2.56. The predicted molar refractivity (Wildman–Crippen MR) is 99.7 cm³/mol. The number of hydrogen-bond donors (Lipinski definition) is 1. The molecule has 3 rings (SSSR count). The third kappa shape index (κ3) is 3.73. The first-order chi connectivity index (χ1) is 12.6. The van der Waals surface area contributed by atoms with Crippen LogP contribution in [0.4, 0.5) is 11.6 Å². The SMILES string of the molecule is COc1ccc(Nc2nc(C)cc(-c3cccc(C#N)c3)n2)cc1OC. The number of hydrogen-bond acceptors (Lipinski definition) is 6. The Kier molecular flexibility index (Phi) is 4.99. The minimum Gasteiger partial charge on any atom is -0.493 e. The second-order valence-electron chi connectivity index (χ2n) is 5.61. The number of anilines is 2. The van der Waals surface area contributed by atoms with Gasteiger partial charge in [0.05, 0.1) is 31.5 Å². The maximum atomic E-state index is 9.09. The van der Waals surface area contributed by atoms with Crippen molar-refractivity contribution in [3.63, 3.8) is 0 Å². The zero-order valence-corrected chi connectivity index (χ0v) is 14.8. The molecule has 26 heavy (non-hydrogen) atoms. The van der Waals surface area contributed by atoms with Gasteiger partial charge in [-0.1, -0.05) is 12.1 Å². The van der Waals surface area contributed by atoms with E-state index in [4.69, 9.17) is 14.7 Å². The van der Waals surface area contributed by atoms with Gasteiger partial charge in [-0.25, -0.2) is 9.97 Å². The fraction of sp³-hybridized carbons (Fsp3) is 0.150. The molecule has 0 aliphatic heterocycles. The second kappa shape index (κ2) is 7.53. The molecule has 130 valence electrons. The number of benzene rings is 2. The first kappa shape index (κ1) is 17.2. The molecular formula is C20H18N4O2. The van der Waals surface area contributed by atoms with E-state index in [1.807, 2.05) is 49.4 Å². The van der Waals surface area contributed by atoms with Crippen molar-refractivity contribution in [3.8, 4) is 28.8 Å². The van der Waals surface area contributed by atoms with E-state index in [0.29, 0.717) is 23.0 Å². The van der Waals surface area contributed by atoms with E-state index in [-0.39, 0.29) is 0 Å². The number of nitrogens with one attached hydrogen (secondary N) is 1. The highest BCUT2D eigenvalue weighted by Crippen LogP contribution is 2.31. The Labute approximate surface area is 152 Å². The summed E-state index contributed by atoms with van der Waals surface area (Å²) in [5.41, 5.74) is 3.81. The van der Waals surface area contributed by atoms with Crippen LogP contribution in [0.3, 0.4) is 0 Å². The van der Waals surface area contributed by atoms with Gasteiger partial charge in [0.25, 0.3) is 0 Å². The molecule has 1 heterocycles. The van der Waals surface area contributed by atoms with Crippen LogP contribution in [0.5, 0.6) is 11.5 Å². The van der Waals surface area contributed by atoms with Gasteiger partial charge in [-0.05, 0) is 37.3 Å². The van der Waals surface area contributed by atoms with Crippen molar-refractivity contribution < 1.29 is 9.47 Å². The van der Waals surface area contributed by atoms with Gasteiger partial charge >= 0.3 is 0 Å². The van der Waals surface area contributed by atoms with E-state index >= 15 is 0 Å². The number of nitrogens with zero attached hydrogens (tertiary/aromatic N) is 3. The molecule has 0 radical (unpaired) electrons. The Morgan fingerprint density at radius 2 is 1.77 bits per heavy atom. The quantitative estimate of drug-likeness (QED) is 0.750. The normalized spacial score (nSPS) is 10.1. The highest BCUT2D eigenvalue weighted by Gasteiger charge is 2.09. The largest absolute Gasteiger partial charge is 0.493 e. The van der Waals surface area contributed by atoms with Gasteiger partial charge < -0.3 is 14.8 Å². The van der Waals surface area contributed by atoms with Crippen molar-refractivity contribution in [1.82, 2.24) is 9.97 Å². The molecule has 6 nitrogen and oxygen atoms in total. The summed E-state index contributed by atoms with van der Waals surface area (Å²) in [6.07, 6.45) is 0. The third-order valence-corrected chi connectivity index (χ3v) is 3.78. The van der Waals surface area contributed by atoms with Crippen LogP contribution in [-0.4, -0.2) is 24.2 Å². The molecule has 0 aliphatic carbocycles. The number of nitriles is 1. The molecule has 3 aromatic rings. The molecule has 6 heteroatoms. The summed E-state index contributed by atoms with van der Waals surface area (Å²) in [6.45, 7) is 1.90. The fourth-order valence-electron chi connectivity index (χ4n) is 2.56. The molecule has 1 N–H and O–H groups in total. The molecule has 0 atom stereocenters. The first-order valence-electron chi connectivity index (χ1n) is 7.98. The van der Waals surface area contributed by atoms with Crippen LogP contribution in [-0.2, 0) is 0 Å². The van der Waals surface area contributed by atoms with E-state index < -0.39 is 0 Å². The van der Waals surface area contributed by atoms with Gasteiger partial charge in [0.2, 0.25) is 5.95 Å². The monoisotopic (exact) mass is 346 g/mol. The van der Waals surface area contributed by atoms with Crippen LogP contribution >= 0.6 is 0 Å². The molecule has 0 aliphatic rings. The average Bonchev–Trinajstić information content (AvgIpc) is 2.67. The summed E-state index contributed by atoms with van der Waals surface area (Å²) < 4.78 is 10.6. The summed E-state index contributed by atoms with van der Waals surface area (Å²) in [5.74, 6) is 1.74. The van der Waals surface area contributed by atoms with Crippen molar-refractivity contribution >= 4 is 11.6 Å². The van der Waals surface area contributed by atoms with Crippen molar-refractivity contribution in [2.24, 2.45) is 0 Å². The molecular weight excluding hydrogens is 328 g/mol. The summed E-state index contributed by atoms with van der Waals surface area (Å²) in [7, 11) is 3.18. The first-order valence-corrected chi connectivity index (χ1v) is 7.98. The zero-order chi connectivity index (χ0) is 18.5. The van der Waals surface area contributed by atoms with Crippen LogP contribution in [0.2, 0.25) is 0 Å². The number of aromatic nitrogens is 2. The Hall–Kier alpha value is -3.59. The topological polar surface area (TPSA) is 80.1 Å². The summed E-state index contributed by atoms with van der Waals surface area (Å²) in [5, 5.41) is 12.3. The van der Waals surface area contributed by atoms with Gasteiger partial charge in [0, 0.05) is 23.0 Å². The average molecular weight is 346 g/mol. The van der Waals surface area contributed by atoms with Gasteiger partial charge in [-0.2, -0.15) is 5.26 Å². The smallest absolute Gasteiger partial charge is 0.227 e. The van der Waals surface area contributed by atoms with Crippen molar-refractivity contribution in [2.45, 2.75) is 6.92 Å². The number of rotatable bonds is 5. The Bertz CT molecular complexity index is 980. The molecule has 0 bridgehead atoms. The Balaban J connectivity index is 1.94. The van der Waals surface area contributed by atoms with Crippen LogP contribution in [0.15, 0.2) is 48.5 Å². The second-order valence-corrected chi connectivity index (χ2v) is 5.61. The minimum atomic E-state index is 0.467. The lowest BCUT2D eigenvalue weighted by molar-refractivity contribution is 0.355. The molecule has 0 amide bonds. The van der Waals surface area contributed by atoms with Crippen LogP contribution in [0.1, 0.15) is 11.3 Å². The lowest BCUT2D eigenvalue weighted by Crippen LogP contribution is -2.01. The molecule has 0 saturated carbocycles. The van der Waals surface area contributed by atoms with E-state index in [1.165, 1.54) is 0 Å². The predicted octanol–water partition coefficient (Wildman–Crippen LogP) is 4.08. The number of aryl methyl sites for hydroxylation is 1. The van der Waals surface area contributed by atoms with E-state index in [0.717, 1.165) is 22.6 Å². The molecule has 0 spiro atoms. The maximum Gasteiger partial charge on any atom is 0.227 e. The molecule has 2 aromatic carbocycles. The summed E-state index contributed by atoms with van der Waals surface area (Å²) in [6, 6.07) is 16.9.